The summed E-state index contributed by atoms with van der Waals surface area (Å²) in [4.78, 5) is 20.6. The van der Waals surface area contributed by atoms with E-state index in [1.807, 2.05) is 31.2 Å². The molecule has 1 fully saturated rings. The van der Waals surface area contributed by atoms with Crippen LogP contribution in [0.15, 0.2) is 47.3 Å². The molecule has 0 amide bonds. The van der Waals surface area contributed by atoms with Gasteiger partial charge < -0.3 is 19.9 Å². The van der Waals surface area contributed by atoms with Crippen molar-refractivity contribution in [3.63, 3.8) is 0 Å². The third-order valence-corrected chi connectivity index (χ3v) is 6.84. The molecule has 0 radical (unpaired) electrons. The van der Waals surface area contributed by atoms with Crippen molar-refractivity contribution in [3.8, 4) is 0 Å². The minimum absolute atomic E-state index is 0.0579. The predicted octanol–water partition coefficient (Wildman–Crippen LogP) is 4.37. The average molecular weight is 479 g/mol. The maximum Gasteiger partial charge on any atom is 0.253 e. The second-order valence-corrected chi connectivity index (χ2v) is 9.52. The fourth-order valence-electron chi connectivity index (χ4n) is 4.34. The van der Waals surface area contributed by atoms with Crippen LogP contribution in [0.4, 0.5) is 5.69 Å². The number of ether oxygens (including phenoxy) is 1. The summed E-state index contributed by atoms with van der Waals surface area (Å²) >= 11 is 5.81. The second-order valence-electron chi connectivity index (χ2n) is 9.14. The van der Waals surface area contributed by atoms with E-state index in [1.54, 1.807) is 0 Å². The number of rotatable bonds is 7. The number of anilines is 1. The molecule has 0 saturated carbocycles. The Labute approximate surface area is 206 Å². The number of aryl methyl sites for hydroxylation is 3. The van der Waals surface area contributed by atoms with Crippen LogP contribution in [0, 0.1) is 20.8 Å². The van der Waals surface area contributed by atoms with Gasteiger partial charge >= 0.3 is 0 Å². The van der Waals surface area contributed by atoms with Gasteiger partial charge in [-0.25, -0.2) is 0 Å². The van der Waals surface area contributed by atoms with E-state index in [9.17, 15) is 4.79 Å². The van der Waals surface area contributed by atoms with E-state index >= 15 is 0 Å². The lowest BCUT2D eigenvalue weighted by molar-refractivity contribution is 0.0367. The molecular formula is C27H34N4O2S. The van der Waals surface area contributed by atoms with Crippen LogP contribution in [0.3, 0.4) is 0 Å². The van der Waals surface area contributed by atoms with E-state index in [2.05, 4.69) is 52.1 Å². The number of benzene rings is 2. The first-order chi connectivity index (χ1) is 16.4. The van der Waals surface area contributed by atoms with Gasteiger partial charge in [0.05, 0.1) is 25.3 Å². The SMILES string of the molecule is Cc1ccc(NC(=S)N(CCCN2CCOCC2)Cc2cc3c(C)ccc(C)c3[nH]c2=O)cc1. The fourth-order valence-corrected chi connectivity index (χ4v) is 4.62. The molecule has 0 bridgehead atoms. The summed E-state index contributed by atoms with van der Waals surface area (Å²) in [7, 11) is 0. The first kappa shape index (κ1) is 24.4. The number of nitrogens with zero attached hydrogens (tertiary/aromatic N) is 2. The van der Waals surface area contributed by atoms with Gasteiger partial charge in [0, 0.05) is 42.8 Å². The van der Waals surface area contributed by atoms with Gasteiger partial charge in [-0.15, -0.1) is 0 Å². The predicted molar refractivity (Wildman–Crippen MR) is 144 cm³/mol. The van der Waals surface area contributed by atoms with Crippen molar-refractivity contribution in [2.45, 2.75) is 33.7 Å². The summed E-state index contributed by atoms with van der Waals surface area (Å²) in [6, 6.07) is 14.4. The summed E-state index contributed by atoms with van der Waals surface area (Å²) < 4.78 is 5.46. The number of morpholine rings is 1. The molecule has 0 spiro atoms. The van der Waals surface area contributed by atoms with Crippen LogP contribution < -0.4 is 10.9 Å². The molecule has 7 heteroatoms. The number of hydrogen-bond acceptors (Lipinski definition) is 4. The average Bonchev–Trinajstić information content (AvgIpc) is 2.83. The Balaban J connectivity index is 1.54. The highest BCUT2D eigenvalue weighted by Crippen LogP contribution is 2.20. The molecule has 1 aliphatic rings. The molecule has 4 rings (SSSR count). The van der Waals surface area contributed by atoms with Gasteiger partial charge in [0.1, 0.15) is 0 Å². The highest BCUT2D eigenvalue weighted by atomic mass is 32.1. The lowest BCUT2D eigenvalue weighted by Gasteiger charge is -2.29. The normalized spacial score (nSPS) is 14.3. The molecule has 1 saturated heterocycles. The summed E-state index contributed by atoms with van der Waals surface area (Å²) in [6.45, 7) is 11.9. The van der Waals surface area contributed by atoms with Crippen molar-refractivity contribution in [1.82, 2.24) is 14.8 Å². The van der Waals surface area contributed by atoms with Crippen molar-refractivity contribution in [3.05, 3.63) is 75.1 Å². The minimum atomic E-state index is -0.0579. The molecule has 2 heterocycles. The highest BCUT2D eigenvalue weighted by molar-refractivity contribution is 7.80. The van der Waals surface area contributed by atoms with E-state index in [4.69, 9.17) is 17.0 Å². The van der Waals surface area contributed by atoms with E-state index in [-0.39, 0.29) is 5.56 Å². The molecule has 0 atom stereocenters. The summed E-state index contributed by atoms with van der Waals surface area (Å²) in [5.74, 6) is 0. The number of H-pyrrole nitrogens is 1. The maximum atomic E-state index is 13.0. The van der Waals surface area contributed by atoms with Crippen LogP contribution in [0.2, 0.25) is 0 Å². The van der Waals surface area contributed by atoms with Crippen LogP contribution in [-0.2, 0) is 11.3 Å². The highest BCUT2D eigenvalue weighted by Gasteiger charge is 2.16. The fraction of sp³-hybridized carbons (Fsp3) is 0.407. The molecule has 0 unspecified atom stereocenters. The van der Waals surface area contributed by atoms with Crippen molar-refractivity contribution < 1.29 is 4.74 Å². The van der Waals surface area contributed by atoms with Gasteiger partial charge in [-0.1, -0.05) is 29.8 Å². The molecule has 180 valence electrons. The van der Waals surface area contributed by atoms with Gasteiger partial charge in [-0.2, -0.15) is 0 Å². The molecule has 0 aliphatic carbocycles. The Morgan fingerprint density at radius 2 is 1.79 bits per heavy atom. The van der Waals surface area contributed by atoms with Gasteiger partial charge in [0.2, 0.25) is 0 Å². The standard InChI is InChI=1S/C27H34N4O2S/c1-19-5-9-23(10-6-19)28-27(34)31(12-4-11-30-13-15-33-16-14-30)18-22-17-24-20(2)7-8-21(3)25(24)29-26(22)32/h5-10,17H,4,11-16,18H2,1-3H3,(H,28,34)(H,29,32). The van der Waals surface area contributed by atoms with Gasteiger partial charge in [-0.3, -0.25) is 9.69 Å². The van der Waals surface area contributed by atoms with Crippen molar-refractivity contribution in [2.24, 2.45) is 0 Å². The zero-order valence-corrected chi connectivity index (χ0v) is 21.1. The molecule has 1 aliphatic heterocycles. The third kappa shape index (κ3) is 6.03. The van der Waals surface area contributed by atoms with Crippen LogP contribution >= 0.6 is 12.2 Å². The molecular weight excluding hydrogens is 444 g/mol. The van der Waals surface area contributed by atoms with Crippen molar-refractivity contribution in [2.75, 3.05) is 44.7 Å². The quantitative estimate of drug-likeness (QED) is 0.492. The number of thiocarbonyl (C=S) groups is 1. The number of nitrogens with one attached hydrogen (secondary N) is 2. The second kappa shape index (κ2) is 11.1. The molecule has 2 N–H and O–H groups in total. The van der Waals surface area contributed by atoms with E-state index in [1.165, 1.54) is 5.56 Å². The zero-order chi connectivity index (χ0) is 24.1. The molecule has 6 nitrogen and oxygen atoms in total. The lowest BCUT2D eigenvalue weighted by Crippen LogP contribution is -2.40. The van der Waals surface area contributed by atoms with E-state index < -0.39 is 0 Å². The van der Waals surface area contributed by atoms with Gasteiger partial charge in [-0.05, 0) is 68.7 Å². The summed E-state index contributed by atoms with van der Waals surface area (Å²) in [5.41, 5.74) is 5.95. The molecule has 34 heavy (non-hydrogen) atoms. The summed E-state index contributed by atoms with van der Waals surface area (Å²) in [5, 5.41) is 5.08. The third-order valence-electron chi connectivity index (χ3n) is 6.48. The molecule has 3 aromatic rings. The smallest absolute Gasteiger partial charge is 0.253 e. The van der Waals surface area contributed by atoms with Gasteiger partial charge in [0.15, 0.2) is 5.11 Å². The number of aromatic nitrogens is 1. The minimum Gasteiger partial charge on any atom is -0.379 e. The monoisotopic (exact) mass is 478 g/mol. The van der Waals surface area contributed by atoms with Crippen LogP contribution in [0.25, 0.3) is 10.9 Å². The summed E-state index contributed by atoms with van der Waals surface area (Å²) in [6.07, 6.45) is 0.958. The van der Waals surface area contributed by atoms with E-state index in [0.717, 1.165) is 79.1 Å². The lowest BCUT2D eigenvalue weighted by atomic mass is 10.0. The Hall–Kier alpha value is -2.74. The van der Waals surface area contributed by atoms with Crippen molar-refractivity contribution >= 4 is 33.9 Å². The largest absolute Gasteiger partial charge is 0.379 e. The Kier molecular flexibility index (Phi) is 7.98. The zero-order valence-electron chi connectivity index (χ0n) is 20.3. The Morgan fingerprint density at radius 3 is 2.53 bits per heavy atom. The van der Waals surface area contributed by atoms with Crippen LogP contribution in [0.5, 0.6) is 0 Å². The van der Waals surface area contributed by atoms with Crippen molar-refractivity contribution in [1.29, 1.82) is 0 Å². The Morgan fingerprint density at radius 1 is 1.09 bits per heavy atom. The maximum absolute atomic E-state index is 13.0. The number of pyridine rings is 1. The van der Waals surface area contributed by atoms with E-state index in [0.29, 0.717) is 11.7 Å². The first-order valence-corrected chi connectivity index (χ1v) is 12.4. The van der Waals surface area contributed by atoms with Gasteiger partial charge in [0.25, 0.3) is 5.56 Å². The van der Waals surface area contributed by atoms with Crippen LogP contribution in [-0.4, -0.2) is 59.3 Å². The first-order valence-electron chi connectivity index (χ1n) is 12.0. The number of hydrogen-bond donors (Lipinski definition) is 2. The number of fused-ring (bicyclic) bond motifs is 1. The topological polar surface area (TPSA) is 60.6 Å². The molecule has 1 aromatic heterocycles. The van der Waals surface area contributed by atoms with Crippen LogP contribution in [0.1, 0.15) is 28.7 Å². The number of aromatic amines is 1. The molecule has 2 aromatic carbocycles. The Bertz CT molecular complexity index is 1200.